The molecule has 2 heterocycles. The zero-order chi connectivity index (χ0) is 14.9. The second-order valence-electron chi connectivity index (χ2n) is 5.32. The highest BCUT2D eigenvalue weighted by Gasteiger charge is 2.15. The molecule has 1 fully saturated rings. The minimum absolute atomic E-state index is 0.0661. The van der Waals surface area contributed by atoms with Gasteiger partial charge in [-0.15, -0.1) is 0 Å². The zero-order valence-electron chi connectivity index (χ0n) is 12.6. The van der Waals surface area contributed by atoms with Crippen molar-refractivity contribution in [2.45, 2.75) is 32.0 Å². The molecule has 1 amide bonds. The second kappa shape index (κ2) is 8.81. The number of aromatic nitrogens is 1. The highest BCUT2D eigenvalue weighted by molar-refractivity contribution is 5.76. The highest BCUT2D eigenvalue weighted by atomic mass is 16.5. The van der Waals surface area contributed by atoms with E-state index in [-0.39, 0.29) is 11.9 Å². The summed E-state index contributed by atoms with van der Waals surface area (Å²) >= 11 is 0. The molecule has 0 unspecified atom stereocenters. The quantitative estimate of drug-likeness (QED) is 0.686. The van der Waals surface area contributed by atoms with Gasteiger partial charge in [0.2, 0.25) is 5.91 Å². The van der Waals surface area contributed by atoms with E-state index in [0.29, 0.717) is 13.2 Å². The zero-order valence-corrected chi connectivity index (χ0v) is 12.6. The van der Waals surface area contributed by atoms with Gasteiger partial charge in [-0.3, -0.25) is 4.79 Å². The first-order valence-corrected chi connectivity index (χ1v) is 7.49. The molecule has 1 aromatic rings. The molecule has 6 nitrogen and oxygen atoms in total. The van der Waals surface area contributed by atoms with Gasteiger partial charge in [0, 0.05) is 51.8 Å². The van der Waals surface area contributed by atoms with E-state index in [0.717, 1.165) is 39.1 Å². The Hall–Kier alpha value is -1.37. The first kappa shape index (κ1) is 16.0. The van der Waals surface area contributed by atoms with Gasteiger partial charge in [-0.1, -0.05) is 0 Å². The molecule has 0 bridgehead atoms. The van der Waals surface area contributed by atoms with Crippen molar-refractivity contribution in [3.8, 4) is 0 Å². The Morgan fingerprint density at radius 3 is 3.05 bits per heavy atom. The molecule has 0 aliphatic carbocycles. The lowest BCUT2D eigenvalue weighted by Crippen LogP contribution is -2.40. The van der Waals surface area contributed by atoms with Crippen molar-refractivity contribution in [1.29, 1.82) is 0 Å². The van der Waals surface area contributed by atoms with Crippen LogP contribution in [0, 0.1) is 0 Å². The normalized spacial score (nSPS) is 16.0. The van der Waals surface area contributed by atoms with Crippen LogP contribution < -0.4 is 10.6 Å². The van der Waals surface area contributed by atoms with E-state index in [2.05, 4.69) is 10.6 Å². The van der Waals surface area contributed by atoms with Crippen molar-refractivity contribution < 1.29 is 14.3 Å². The first-order valence-electron chi connectivity index (χ1n) is 7.49. The summed E-state index contributed by atoms with van der Waals surface area (Å²) in [7, 11) is 1.69. The number of carbonyl (C=O) groups excluding carboxylic acids is 1. The Morgan fingerprint density at radius 2 is 2.29 bits per heavy atom. The second-order valence-corrected chi connectivity index (χ2v) is 5.32. The summed E-state index contributed by atoms with van der Waals surface area (Å²) in [5.41, 5.74) is 1.17. The molecule has 0 saturated carbocycles. The lowest BCUT2D eigenvalue weighted by Gasteiger charge is -2.23. The van der Waals surface area contributed by atoms with Crippen LogP contribution in [0.4, 0.5) is 0 Å². The maximum Gasteiger partial charge on any atom is 0.240 e. The standard InChI is InChI=1S/C15H25N3O3/c1-20-9-5-16-10-13-2-6-18(11-13)12-15(19)17-14-3-7-21-8-4-14/h2,6,11,14,16H,3-5,7-10,12H2,1H3,(H,17,19). The van der Waals surface area contributed by atoms with E-state index in [1.807, 2.05) is 23.0 Å². The summed E-state index contributed by atoms with van der Waals surface area (Å²) in [6.45, 7) is 4.17. The van der Waals surface area contributed by atoms with Crippen LogP contribution in [0.25, 0.3) is 0 Å². The van der Waals surface area contributed by atoms with E-state index in [9.17, 15) is 4.79 Å². The van der Waals surface area contributed by atoms with E-state index in [4.69, 9.17) is 9.47 Å². The molecular weight excluding hydrogens is 270 g/mol. The molecule has 1 aromatic heterocycles. The molecule has 1 saturated heterocycles. The SMILES string of the molecule is COCCNCc1ccn(CC(=O)NC2CCOCC2)c1. The fraction of sp³-hybridized carbons (Fsp3) is 0.667. The van der Waals surface area contributed by atoms with Gasteiger partial charge in [-0.2, -0.15) is 0 Å². The van der Waals surface area contributed by atoms with E-state index < -0.39 is 0 Å². The third-order valence-electron chi connectivity index (χ3n) is 3.54. The Labute approximate surface area is 125 Å². The lowest BCUT2D eigenvalue weighted by atomic mass is 10.1. The Morgan fingerprint density at radius 1 is 1.48 bits per heavy atom. The number of hydrogen-bond donors (Lipinski definition) is 2. The smallest absolute Gasteiger partial charge is 0.240 e. The van der Waals surface area contributed by atoms with Crippen LogP contribution in [0.5, 0.6) is 0 Å². The van der Waals surface area contributed by atoms with Gasteiger partial charge < -0.3 is 24.7 Å². The maximum absolute atomic E-state index is 12.0. The first-order chi connectivity index (χ1) is 10.3. The van der Waals surface area contributed by atoms with Gasteiger partial charge in [0.15, 0.2) is 0 Å². The average Bonchev–Trinajstić information content (AvgIpc) is 2.92. The van der Waals surface area contributed by atoms with Crippen LogP contribution in [-0.2, 0) is 27.4 Å². The molecule has 1 aliphatic heterocycles. The third-order valence-corrected chi connectivity index (χ3v) is 3.54. The van der Waals surface area contributed by atoms with Crippen molar-refractivity contribution in [1.82, 2.24) is 15.2 Å². The predicted octanol–water partition coefficient (Wildman–Crippen LogP) is 0.519. The number of methoxy groups -OCH3 is 1. The largest absolute Gasteiger partial charge is 0.383 e. The lowest BCUT2D eigenvalue weighted by molar-refractivity contribution is -0.122. The molecular formula is C15H25N3O3. The maximum atomic E-state index is 12.0. The van der Waals surface area contributed by atoms with Crippen molar-refractivity contribution in [3.05, 3.63) is 24.0 Å². The van der Waals surface area contributed by atoms with E-state index in [1.165, 1.54) is 5.56 Å². The predicted molar refractivity (Wildman–Crippen MR) is 80.0 cm³/mol. The van der Waals surface area contributed by atoms with Gasteiger partial charge >= 0.3 is 0 Å². The van der Waals surface area contributed by atoms with Gasteiger partial charge in [-0.25, -0.2) is 0 Å². The van der Waals surface area contributed by atoms with E-state index >= 15 is 0 Å². The van der Waals surface area contributed by atoms with Crippen LogP contribution >= 0.6 is 0 Å². The number of nitrogens with one attached hydrogen (secondary N) is 2. The van der Waals surface area contributed by atoms with Crippen LogP contribution in [0.2, 0.25) is 0 Å². The van der Waals surface area contributed by atoms with E-state index in [1.54, 1.807) is 7.11 Å². The number of amides is 1. The third kappa shape index (κ3) is 5.87. The Kier molecular flexibility index (Phi) is 6.72. The topological polar surface area (TPSA) is 64.5 Å². The van der Waals surface area contributed by atoms with Crippen LogP contribution in [-0.4, -0.2) is 50.0 Å². The number of ether oxygens (including phenoxy) is 2. The monoisotopic (exact) mass is 295 g/mol. The van der Waals surface area contributed by atoms with Crippen molar-refractivity contribution in [2.24, 2.45) is 0 Å². The van der Waals surface area contributed by atoms with Crippen molar-refractivity contribution >= 4 is 5.91 Å². The molecule has 0 atom stereocenters. The van der Waals surface area contributed by atoms with Crippen LogP contribution in [0.15, 0.2) is 18.5 Å². The molecule has 6 heteroatoms. The van der Waals surface area contributed by atoms with Crippen molar-refractivity contribution in [2.75, 3.05) is 33.5 Å². The fourth-order valence-corrected chi connectivity index (χ4v) is 2.38. The van der Waals surface area contributed by atoms with Gasteiger partial charge in [0.1, 0.15) is 6.54 Å². The molecule has 0 radical (unpaired) electrons. The highest BCUT2D eigenvalue weighted by Crippen LogP contribution is 2.06. The summed E-state index contributed by atoms with van der Waals surface area (Å²) in [6, 6.07) is 2.29. The van der Waals surface area contributed by atoms with Gasteiger partial charge in [-0.05, 0) is 24.5 Å². The minimum Gasteiger partial charge on any atom is -0.383 e. The summed E-state index contributed by atoms with van der Waals surface area (Å²) in [5.74, 6) is 0.0661. The molecule has 118 valence electrons. The average molecular weight is 295 g/mol. The summed E-state index contributed by atoms with van der Waals surface area (Å²) in [4.78, 5) is 12.0. The van der Waals surface area contributed by atoms with Crippen LogP contribution in [0.3, 0.4) is 0 Å². The Balaban J connectivity index is 1.69. The molecule has 0 spiro atoms. The molecule has 2 N–H and O–H groups in total. The number of nitrogens with zero attached hydrogens (tertiary/aromatic N) is 1. The molecule has 0 aromatic carbocycles. The summed E-state index contributed by atoms with van der Waals surface area (Å²) < 4.78 is 12.2. The van der Waals surface area contributed by atoms with Gasteiger partial charge in [0.05, 0.1) is 6.61 Å². The fourth-order valence-electron chi connectivity index (χ4n) is 2.38. The number of rotatable bonds is 8. The summed E-state index contributed by atoms with van der Waals surface area (Å²) in [5, 5.41) is 6.35. The minimum atomic E-state index is 0.0661. The number of hydrogen-bond acceptors (Lipinski definition) is 4. The number of carbonyl (C=O) groups is 1. The molecule has 2 rings (SSSR count). The van der Waals surface area contributed by atoms with Crippen LogP contribution in [0.1, 0.15) is 18.4 Å². The van der Waals surface area contributed by atoms with Crippen molar-refractivity contribution in [3.63, 3.8) is 0 Å². The molecule has 21 heavy (non-hydrogen) atoms. The molecule has 1 aliphatic rings. The summed E-state index contributed by atoms with van der Waals surface area (Å²) in [6.07, 6.45) is 5.76. The van der Waals surface area contributed by atoms with Gasteiger partial charge in [0.25, 0.3) is 0 Å². The Bertz CT molecular complexity index is 428.